The summed E-state index contributed by atoms with van der Waals surface area (Å²) in [6, 6.07) is 19.7. The molecule has 0 aliphatic carbocycles. The molecular formula is C16H16OSi2. The molecule has 3 heteroatoms. The SMILES string of the molecule is C(C#Cc1ccccc1)#Cc1ccccc1.[SiH3]O[SiH3]. The Labute approximate surface area is 121 Å². The van der Waals surface area contributed by atoms with E-state index in [4.69, 9.17) is 0 Å². The normalized spacial score (nSPS) is 8.21. The highest BCUT2D eigenvalue weighted by atomic mass is 28.3. The van der Waals surface area contributed by atoms with Crippen LogP contribution in [0.25, 0.3) is 0 Å². The molecule has 2 rings (SSSR count). The Morgan fingerprint density at radius 2 is 0.947 bits per heavy atom. The summed E-state index contributed by atoms with van der Waals surface area (Å²) in [4.78, 5) is 0. The van der Waals surface area contributed by atoms with Crippen molar-refractivity contribution >= 4 is 21.0 Å². The molecule has 0 fully saturated rings. The van der Waals surface area contributed by atoms with E-state index in [9.17, 15) is 0 Å². The van der Waals surface area contributed by atoms with Gasteiger partial charge in [-0.25, -0.2) is 0 Å². The minimum Gasteiger partial charge on any atom is -0.471 e. The van der Waals surface area contributed by atoms with Crippen molar-refractivity contribution in [3.8, 4) is 23.7 Å². The van der Waals surface area contributed by atoms with Crippen LogP contribution in [-0.4, -0.2) is 21.0 Å². The zero-order valence-electron chi connectivity index (χ0n) is 11.2. The van der Waals surface area contributed by atoms with Crippen LogP contribution in [-0.2, 0) is 4.12 Å². The van der Waals surface area contributed by atoms with Gasteiger partial charge in [-0.1, -0.05) is 48.2 Å². The van der Waals surface area contributed by atoms with Crippen molar-refractivity contribution in [3.05, 3.63) is 71.8 Å². The summed E-state index contributed by atoms with van der Waals surface area (Å²) in [6.07, 6.45) is 0. The fraction of sp³-hybridized carbons (Fsp3) is 0. The second-order valence-electron chi connectivity index (χ2n) is 3.64. The van der Waals surface area contributed by atoms with E-state index >= 15 is 0 Å². The Kier molecular flexibility index (Phi) is 7.85. The Bertz CT molecular complexity index is 531. The molecule has 0 aliphatic rings. The highest BCUT2D eigenvalue weighted by molar-refractivity contribution is 6.15. The van der Waals surface area contributed by atoms with E-state index in [-0.39, 0.29) is 0 Å². The quantitative estimate of drug-likeness (QED) is 0.509. The van der Waals surface area contributed by atoms with Crippen LogP contribution < -0.4 is 0 Å². The third kappa shape index (κ3) is 7.07. The lowest BCUT2D eigenvalue weighted by atomic mass is 10.2. The third-order valence-electron chi connectivity index (χ3n) is 2.02. The van der Waals surface area contributed by atoms with Crippen molar-refractivity contribution in [3.63, 3.8) is 0 Å². The second-order valence-corrected chi connectivity index (χ2v) is 6.91. The molecule has 2 aromatic rings. The number of hydrogen-bond donors (Lipinski definition) is 0. The summed E-state index contributed by atoms with van der Waals surface area (Å²) in [7, 11) is 1.86. The molecular weight excluding hydrogens is 264 g/mol. The van der Waals surface area contributed by atoms with Gasteiger partial charge in [-0.2, -0.15) is 0 Å². The van der Waals surface area contributed by atoms with Gasteiger partial charge in [-0.05, 0) is 36.1 Å². The molecule has 0 aliphatic heterocycles. The van der Waals surface area contributed by atoms with Crippen LogP contribution in [0.3, 0.4) is 0 Å². The predicted octanol–water partition coefficient (Wildman–Crippen LogP) is 0.654. The highest BCUT2D eigenvalue weighted by Crippen LogP contribution is 1.95. The number of hydrogen-bond acceptors (Lipinski definition) is 1. The maximum absolute atomic E-state index is 4.53. The Balaban J connectivity index is 0.000000550. The summed E-state index contributed by atoms with van der Waals surface area (Å²) < 4.78 is 4.53. The topological polar surface area (TPSA) is 9.23 Å². The van der Waals surface area contributed by atoms with E-state index in [0.717, 1.165) is 32.1 Å². The molecule has 0 bridgehead atoms. The molecule has 0 unspecified atom stereocenters. The van der Waals surface area contributed by atoms with Crippen molar-refractivity contribution in [2.75, 3.05) is 0 Å². The summed E-state index contributed by atoms with van der Waals surface area (Å²) in [5.41, 5.74) is 1.98. The van der Waals surface area contributed by atoms with Crippen LogP contribution in [0.1, 0.15) is 11.1 Å². The monoisotopic (exact) mass is 280 g/mol. The van der Waals surface area contributed by atoms with Gasteiger partial charge in [0.05, 0.1) is 0 Å². The van der Waals surface area contributed by atoms with E-state index in [1.807, 2.05) is 60.7 Å². The van der Waals surface area contributed by atoms with Crippen molar-refractivity contribution in [1.82, 2.24) is 0 Å². The summed E-state index contributed by atoms with van der Waals surface area (Å²) in [5.74, 6) is 11.7. The molecule has 0 amide bonds. The third-order valence-corrected chi connectivity index (χ3v) is 2.02. The van der Waals surface area contributed by atoms with Gasteiger partial charge in [0.25, 0.3) is 0 Å². The van der Waals surface area contributed by atoms with Gasteiger partial charge in [0.15, 0.2) is 0 Å². The molecule has 0 saturated carbocycles. The first-order valence-electron chi connectivity index (χ1n) is 5.89. The van der Waals surface area contributed by atoms with Crippen molar-refractivity contribution < 1.29 is 4.12 Å². The molecule has 94 valence electrons. The standard InChI is InChI=1S/C16H10.H6OSi2/c1-3-9-15(10-4-1)13-7-8-14-16-11-5-2-6-12-16;2-1-3/h1-6,9-12H;2-3H3. The summed E-state index contributed by atoms with van der Waals surface area (Å²) >= 11 is 0. The van der Waals surface area contributed by atoms with Crippen molar-refractivity contribution in [2.45, 2.75) is 0 Å². The van der Waals surface area contributed by atoms with Crippen molar-refractivity contribution in [2.24, 2.45) is 0 Å². The molecule has 1 nitrogen and oxygen atoms in total. The van der Waals surface area contributed by atoms with Crippen LogP contribution in [0.4, 0.5) is 0 Å². The molecule has 0 aromatic heterocycles. The second kappa shape index (κ2) is 9.93. The predicted molar refractivity (Wildman–Crippen MR) is 87.6 cm³/mol. The van der Waals surface area contributed by atoms with Gasteiger partial charge in [-0.3, -0.25) is 0 Å². The van der Waals surface area contributed by atoms with E-state index < -0.39 is 0 Å². The number of rotatable bonds is 0. The maximum atomic E-state index is 4.53. The Hall–Kier alpha value is -2.05. The summed E-state index contributed by atoms with van der Waals surface area (Å²) in [5, 5.41) is 0. The lowest BCUT2D eigenvalue weighted by Crippen LogP contribution is -1.71. The lowest BCUT2D eigenvalue weighted by molar-refractivity contribution is 0.690. The van der Waals surface area contributed by atoms with Crippen LogP contribution in [0, 0.1) is 23.7 Å². The average molecular weight is 280 g/mol. The van der Waals surface area contributed by atoms with E-state index in [0.29, 0.717) is 0 Å². The largest absolute Gasteiger partial charge is 0.471 e. The zero-order valence-corrected chi connectivity index (χ0v) is 15.2. The molecule has 19 heavy (non-hydrogen) atoms. The van der Waals surface area contributed by atoms with Crippen LogP contribution >= 0.6 is 0 Å². The minimum absolute atomic E-state index is 0.931. The van der Waals surface area contributed by atoms with E-state index in [1.165, 1.54) is 0 Å². The number of benzene rings is 2. The Morgan fingerprint density at radius 3 is 1.26 bits per heavy atom. The van der Waals surface area contributed by atoms with Gasteiger partial charge in [-0.15, -0.1) is 0 Å². The molecule has 0 atom stereocenters. The Morgan fingerprint density at radius 1 is 0.632 bits per heavy atom. The smallest absolute Gasteiger partial charge is 0.129 e. The molecule has 0 spiro atoms. The van der Waals surface area contributed by atoms with Crippen molar-refractivity contribution in [1.29, 1.82) is 0 Å². The van der Waals surface area contributed by atoms with Gasteiger partial charge >= 0.3 is 0 Å². The first-order valence-corrected chi connectivity index (χ1v) is 7.52. The molecule has 0 radical (unpaired) electrons. The highest BCUT2D eigenvalue weighted by Gasteiger charge is 1.80. The van der Waals surface area contributed by atoms with Crippen LogP contribution in [0.5, 0.6) is 0 Å². The van der Waals surface area contributed by atoms with E-state index in [2.05, 4.69) is 27.8 Å². The van der Waals surface area contributed by atoms with Gasteiger partial charge < -0.3 is 4.12 Å². The molecule has 0 N–H and O–H groups in total. The average Bonchev–Trinajstić information content (AvgIpc) is 2.47. The van der Waals surface area contributed by atoms with Gasteiger partial charge in [0.1, 0.15) is 21.0 Å². The van der Waals surface area contributed by atoms with Gasteiger partial charge in [0, 0.05) is 11.1 Å². The van der Waals surface area contributed by atoms with Crippen LogP contribution in [0.2, 0.25) is 0 Å². The fourth-order valence-electron chi connectivity index (χ4n) is 1.25. The first-order chi connectivity index (χ1) is 9.36. The fourth-order valence-corrected chi connectivity index (χ4v) is 1.25. The first kappa shape index (κ1) is 15.0. The lowest BCUT2D eigenvalue weighted by Gasteiger charge is -1.84. The molecule has 0 heterocycles. The molecule has 0 saturated heterocycles. The minimum atomic E-state index is 0.931. The van der Waals surface area contributed by atoms with Crippen LogP contribution in [0.15, 0.2) is 60.7 Å². The molecule has 2 aromatic carbocycles. The zero-order chi connectivity index (χ0) is 13.8. The summed E-state index contributed by atoms with van der Waals surface area (Å²) in [6.45, 7) is 0. The maximum Gasteiger partial charge on any atom is 0.129 e. The van der Waals surface area contributed by atoms with E-state index in [1.54, 1.807) is 0 Å². The van der Waals surface area contributed by atoms with Gasteiger partial charge in [0.2, 0.25) is 0 Å².